The third-order valence-corrected chi connectivity index (χ3v) is 1.93. The Labute approximate surface area is 85.7 Å². The molecule has 0 amide bonds. The van der Waals surface area contributed by atoms with Gasteiger partial charge in [-0.15, -0.1) is 0 Å². The highest BCUT2D eigenvalue weighted by Crippen LogP contribution is 2.18. The van der Waals surface area contributed by atoms with Crippen LogP contribution in [0.3, 0.4) is 0 Å². The molecule has 0 saturated heterocycles. The molecule has 0 bridgehead atoms. The van der Waals surface area contributed by atoms with Crippen LogP contribution in [-0.2, 0) is 4.79 Å². The number of nitrogens with one attached hydrogen (secondary N) is 1. The normalized spacial score (nSPS) is 12.5. The molecule has 0 aromatic heterocycles. The predicted octanol–water partition coefficient (Wildman–Crippen LogP) is 1.70. The van der Waals surface area contributed by atoms with E-state index in [9.17, 15) is 13.6 Å². The third kappa shape index (κ3) is 2.73. The van der Waals surface area contributed by atoms with Gasteiger partial charge in [-0.2, -0.15) is 0 Å². The number of halogens is 2. The molecule has 0 spiro atoms. The van der Waals surface area contributed by atoms with E-state index >= 15 is 0 Å². The van der Waals surface area contributed by atoms with E-state index in [1.807, 2.05) is 0 Å². The van der Waals surface area contributed by atoms with E-state index in [0.29, 0.717) is 12.6 Å². The van der Waals surface area contributed by atoms with Gasteiger partial charge in [0.05, 0.1) is 0 Å². The summed E-state index contributed by atoms with van der Waals surface area (Å²) in [5.41, 5.74) is -0.0641. The van der Waals surface area contributed by atoms with Crippen molar-refractivity contribution in [3.63, 3.8) is 0 Å². The van der Waals surface area contributed by atoms with Crippen LogP contribution in [0.1, 0.15) is 18.5 Å². The minimum atomic E-state index is -1.19. The van der Waals surface area contributed by atoms with Crippen LogP contribution < -0.4 is 5.32 Å². The number of benzene rings is 1. The molecular weight excluding hydrogens is 204 g/mol. The van der Waals surface area contributed by atoms with Gasteiger partial charge in [0, 0.05) is 11.6 Å². The van der Waals surface area contributed by atoms with Gasteiger partial charge in [0.2, 0.25) is 0 Å². The number of rotatable bonds is 4. The molecule has 1 aromatic carbocycles. The maximum atomic E-state index is 13.2. The highest BCUT2D eigenvalue weighted by atomic mass is 19.1. The summed E-state index contributed by atoms with van der Waals surface area (Å²) in [5.74, 6) is -2.78. The summed E-state index contributed by atoms with van der Waals surface area (Å²) in [7, 11) is 0. The predicted molar refractivity (Wildman–Crippen MR) is 50.4 cm³/mol. The summed E-state index contributed by atoms with van der Waals surface area (Å²) < 4.78 is 25.8. The topological polar surface area (TPSA) is 49.3 Å². The Morgan fingerprint density at radius 1 is 1.53 bits per heavy atom. The van der Waals surface area contributed by atoms with Crippen molar-refractivity contribution < 1.29 is 18.7 Å². The number of carboxylic acids is 1. The van der Waals surface area contributed by atoms with E-state index in [-0.39, 0.29) is 5.56 Å². The minimum Gasteiger partial charge on any atom is -0.480 e. The van der Waals surface area contributed by atoms with E-state index in [1.54, 1.807) is 6.92 Å². The molecule has 2 N–H and O–H groups in total. The first-order chi connectivity index (χ1) is 7.06. The molecular formula is C10H11F2NO2. The first kappa shape index (κ1) is 11.6. The van der Waals surface area contributed by atoms with Crippen molar-refractivity contribution in [2.75, 3.05) is 6.54 Å². The summed E-state index contributed by atoms with van der Waals surface area (Å²) in [6.07, 6.45) is 0. The summed E-state index contributed by atoms with van der Waals surface area (Å²) in [4.78, 5) is 10.8. The molecule has 1 aromatic rings. The van der Waals surface area contributed by atoms with Gasteiger partial charge in [-0.1, -0.05) is 13.0 Å². The number of aliphatic carboxylic acids is 1. The van der Waals surface area contributed by atoms with Crippen LogP contribution in [0.4, 0.5) is 8.78 Å². The van der Waals surface area contributed by atoms with Crippen molar-refractivity contribution in [3.8, 4) is 0 Å². The molecule has 5 heteroatoms. The van der Waals surface area contributed by atoms with Crippen molar-refractivity contribution in [2.24, 2.45) is 0 Å². The van der Waals surface area contributed by atoms with Gasteiger partial charge >= 0.3 is 5.97 Å². The Kier molecular flexibility index (Phi) is 3.74. The fourth-order valence-electron chi connectivity index (χ4n) is 1.27. The van der Waals surface area contributed by atoms with E-state index < -0.39 is 23.6 Å². The second-order valence-electron chi connectivity index (χ2n) is 2.99. The summed E-state index contributed by atoms with van der Waals surface area (Å²) >= 11 is 0. The van der Waals surface area contributed by atoms with E-state index in [2.05, 4.69) is 5.32 Å². The van der Waals surface area contributed by atoms with Crippen LogP contribution in [0.5, 0.6) is 0 Å². The van der Waals surface area contributed by atoms with E-state index in [0.717, 1.165) is 12.1 Å². The lowest BCUT2D eigenvalue weighted by Crippen LogP contribution is -2.29. The standard InChI is InChI=1S/C10H11F2NO2/c1-2-13-9(10(14)15)7-4-3-6(11)5-8(7)12/h3-5,9,13H,2H2,1H3,(H,14,15). The van der Waals surface area contributed by atoms with Gasteiger partial charge in [0.25, 0.3) is 0 Å². The molecule has 1 unspecified atom stereocenters. The molecule has 82 valence electrons. The van der Waals surface area contributed by atoms with Crippen molar-refractivity contribution >= 4 is 5.97 Å². The fraction of sp³-hybridized carbons (Fsp3) is 0.300. The second-order valence-corrected chi connectivity index (χ2v) is 2.99. The monoisotopic (exact) mass is 215 g/mol. The zero-order valence-electron chi connectivity index (χ0n) is 8.13. The highest BCUT2D eigenvalue weighted by molar-refractivity contribution is 5.75. The van der Waals surface area contributed by atoms with Crippen molar-refractivity contribution in [1.82, 2.24) is 5.32 Å². The number of hydrogen-bond donors (Lipinski definition) is 2. The molecule has 0 radical (unpaired) electrons. The highest BCUT2D eigenvalue weighted by Gasteiger charge is 2.21. The molecule has 0 aliphatic carbocycles. The Morgan fingerprint density at radius 2 is 2.20 bits per heavy atom. The number of likely N-dealkylation sites (N-methyl/N-ethyl adjacent to an activating group) is 1. The average Bonchev–Trinajstić information content (AvgIpc) is 2.15. The number of carboxylic acid groups (broad SMARTS) is 1. The molecule has 0 aliphatic heterocycles. The SMILES string of the molecule is CCNC(C(=O)O)c1ccc(F)cc1F. The summed E-state index contributed by atoms with van der Waals surface area (Å²) in [6, 6.07) is 1.69. The van der Waals surface area contributed by atoms with Gasteiger partial charge < -0.3 is 10.4 Å². The third-order valence-electron chi connectivity index (χ3n) is 1.93. The van der Waals surface area contributed by atoms with E-state index in [1.165, 1.54) is 0 Å². The summed E-state index contributed by atoms with van der Waals surface area (Å²) in [6.45, 7) is 2.09. The molecule has 0 saturated carbocycles. The van der Waals surface area contributed by atoms with Gasteiger partial charge in [0.1, 0.15) is 17.7 Å². The lowest BCUT2D eigenvalue weighted by Gasteiger charge is -2.13. The Hall–Kier alpha value is -1.49. The number of carbonyl (C=O) groups is 1. The van der Waals surface area contributed by atoms with Crippen LogP contribution in [0.15, 0.2) is 18.2 Å². The van der Waals surface area contributed by atoms with Gasteiger partial charge in [-0.3, -0.25) is 4.79 Å². The van der Waals surface area contributed by atoms with Crippen LogP contribution in [0.2, 0.25) is 0 Å². The van der Waals surface area contributed by atoms with Gasteiger partial charge in [-0.05, 0) is 12.6 Å². The maximum absolute atomic E-state index is 13.2. The molecule has 1 atom stereocenters. The second kappa shape index (κ2) is 4.84. The molecule has 3 nitrogen and oxygen atoms in total. The summed E-state index contributed by atoms with van der Waals surface area (Å²) in [5, 5.41) is 11.4. The zero-order valence-corrected chi connectivity index (χ0v) is 8.13. The lowest BCUT2D eigenvalue weighted by atomic mass is 10.1. The molecule has 0 aliphatic rings. The maximum Gasteiger partial charge on any atom is 0.325 e. The largest absolute Gasteiger partial charge is 0.480 e. The smallest absolute Gasteiger partial charge is 0.325 e. The Balaban J connectivity index is 3.05. The molecule has 0 fully saturated rings. The fourth-order valence-corrected chi connectivity index (χ4v) is 1.27. The van der Waals surface area contributed by atoms with Crippen LogP contribution in [-0.4, -0.2) is 17.6 Å². The van der Waals surface area contributed by atoms with Crippen LogP contribution in [0.25, 0.3) is 0 Å². The van der Waals surface area contributed by atoms with Crippen molar-refractivity contribution in [2.45, 2.75) is 13.0 Å². The van der Waals surface area contributed by atoms with E-state index in [4.69, 9.17) is 5.11 Å². The zero-order chi connectivity index (χ0) is 11.4. The first-order valence-electron chi connectivity index (χ1n) is 4.47. The number of hydrogen-bond acceptors (Lipinski definition) is 2. The minimum absolute atomic E-state index is 0.0641. The molecule has 0 heterocycles. The quantitative estimate of drug-likeness (QED) is 0.803. The van der Waals surface area contributed by atoms with Crippen molar-refractivity contribution in [3.05, 3.63) is 35.4 Å². The van der Waals surface area contributed by atoms with Gasteiger partial charge in [0.15, 0.2) is 0 Å². The Morgan fingerprint density at radius 3 is 2.67 bits per heavy atom. The van der Waals surface area contributed by atoms with Crippen molar-refractivity contribution in [1.29, 1.82) is 0 Å². The lowest BCUT2D eigenvalue weighted by molar-refractivity contribution is -0.139. The van der Waals surface area contributed by atoms with Crippen LogP contribution >= 0.6 is 0 Å². The van der Waals surface area contributed by atoms with Gasteiger partial charge in [-0.25, -0.2) is 8.78 Å². The Bertz CT molecular complexity index is 368. The molecule has 15 heavy (non-hydrogen) atoms. The average molecular weight is 215 g/mol. The van der Waals surface area contributed by atoms with Crippen LogP contribution in [0, 0.1) is 11.6 Å². The first-order valence-corrected chi connectivity index (χ1v) is 4.47. The molecule has 1 rings (SSSR count).